The highest BCUT2D eigenvalue weighted by Crippen LogP contribution is 2.17. The van der Waals surface area contributed by atoms with Crippen molar-refractivity contribution in [3.05, 3.63) is 24.3 Å². The van der Waals surface area contributed by atoms with Gasteiger partial charge in [-0.3, -0.25) is 14.5 Å². The highest BCUT2D eigenvalue weighted by Gasteiger charge is 2.38. The van der Waals surface area contributed by atoms with E-state index in [1.165, 1.54) is 0 Å². The average molecular weight is 290 g/mol. The van der Waals surface area contributed by atoms with Gasteiger partial charge >= 0.3 is 6.03 Å². The molecule has 1 unspecified atom stereocenters. The molecule has 7 nitrogen and oxygen atoms in total. The summed E-state index contributed by atoms with van der Waals surface area (Å²) in [4.78, 5) is 36.6. The van der Waals surface area contributed by atoms with Crippen molar-refractivity contribution in [2.24, 2.45) is 0 Å². The van der Waals surface area contributed by atoms with E-state index in [-0.39, 0.29) is 12.5 Å². The van der Waals surface area contributed by atoms with Crippen molar-refractivity contribution in [3.63, 3.8) is 0 Å². The van der Waals surface area contributed by atoms with Crippen LogP contribution in [0, 0.1) is 0 Å². The van der Waals surface area contributed by atoms with Crippen molar-refractivity contribution in [2.75, 3.05) is 17.6 Å². The molecule has 1 aliphatic heterocycles. The van der Waals surface area contributed by atoms with E-state index in [0.717, 1.165) is 11.3 Å². The van der Waals surface area contributed by atoms with Crippen LogP contribution in [0.25, 0.3) is 0 Å². The molecule has 2 rings (SSSR count). The minimum absolute atomic E-state index is 0.320. The summed E-state index contributed by atoms with van der Waals surface area (Å²) >= 11 is 0. The van der Waals surface area contributed by atoms with Crippen molar-refractivity contribution >= 4 is 29.2 Å². The van der Waals surface area contributed by atoms with E-state index in [1.54, 1.807) is 24.3 Å². The highest BCUT2D eigenvalue weighted by atomic mass is 16.2. The van der Waals surface area contributed by atoms with Gasteiger partial charge in [-0.1, -0.05) is 25.5 Å². The number of carbonyl (C=O) groups is 3. The Balaban J connectivity index is 1.98. The summed E-state index contributed by atoms with van der Waals surface area (Å²) in [5.41, 5.74) is 6.60. The lowest BCUT2D eigenvalue weighted by molar-refractivity contribution is -0.130. The molecule has 1 heterocycles. The van der Waals surface area contributed by atoms with Crippen molar-refractivity contribution in [1.82, 2.24) is 10.2 Å². The number of nitrogen functional groups attached to an aromatic ring is 1. The summed E-state index contributed by atoms with van der Waals surface area (Å²) in [5.74, 6) is -0.827. The zero-order valence-electron chi connectivity index (χ0n) is 11.8. The third-order valence-corrected chi connectivity index (χ3v) is 3.22. The van der Waals surface area contributed by atoms with Crippen LogP contribution in [0.2, 0.25) is 0 Å². The van der Waals surface area contributed by atoms with Crippen molar-refractivity contribution in [1.29, 1.82) is 0 Å². The minimum Gasteiger partial charge on any atom is -0.397 e. The molecule has 4 amide bonds. The Hall–Kier alpha value is -2.57. The standard InChI is InChI=1S/C14H18N4O3/c1-2-5-11-13(20)18(14(21)17-11)8-12(19)16-10-7-4-3-6-9(10)15/h3-4,6-7,11H,2,5,8,15H2,1H3,(H,16,19)(H,17,21). The first-order valence-electron chi connectivity index (χ1n) is 6.79. The normalized spacial score (nSPS) is 17.8. The number of nitrogens with zero attached hydrogens (tertiary/aromatic N) is 1. The molecule has 0 spiro atoms. The molecule has 1 aromatic carbocycles. The fourth-order valence-corrected chi connectivity index (χ4v) is 2.16. The van der Waals surface area contributed by atoms with Crippen LogP contribution in [0.1, 0.15) is 19.8 Å². The number of para-hydroxylation sites is 2. The number of imide groups is 1. The Morgan fingerprint density at radius 3 is 2.76 bits per heavy atom. The Bertz CT molecular complexity index is 573. The third-order valence-electron chi connectivity index (χ3n) is 3.22. The van der Waals surface area contributed by atoms with E-state index in [1.807, 2.05) is 6.92 Å². The first-order valence-corrected chi connectivity index (χ1v) is 6.79. The Morgan fingerprint density at radius 2 is 2.10 bits per heavy atom. The maximum absolute atomic E-state index is 12.0. The molecule has 21 heavy (non-hydrogen) atoms. The first kappa shape index (κ1) is 14.8. The second-order valence-electron chi connectivity index (χ2n) is 4.85. The van der Waals surface area contributed by atoms with Gasteiger partial charge in [-0.15, -0.1) is 0 Å². The lowest BCUT2D eigenvalue weighted by Crippen LogP contribution is -2.38. The smallest absolute Gasteiger partial charge is 0.325 e. The number of hydrogen-bond donors (Lipinski definition) is 3. The molecular weight excluding hydrogens is 272 g/mol. The van der Waals surface area contributed by atoms with Gasteiger partial charge in [-0.25, -0.2) is 4.79 Å². The van der Waals surface area contributed by atoms with Crippen LogP contribution in [0.3, 0.4) is 0 Å². The SMILES string of the molecule is CCCC1NC(=O)N(CC(=O)Nc2ccccc2N)C1=O. The van der Waals surface area contributed by atoms with Crippen LogP contribution in [-0.2, 0) is 9.59 Å². The number of benzene rings is 1. The van der Waals surface area contributed by atoms with E-state index in [9.17, 15) is 14.4 Å². The van der Waals surface area contributed by atoms with E-state index < -0.39 is 18.0 Å². The molecule has 4 N–H and O–H groups in total. The maximum Gasteiger partial charge on any atom is 0.325 e. The summed E-state index contributed by atoms with van der Waals surface area (Å²) in [6.07, 6.45) is 1.34. The first-order chi connectivity index (χ1) is 10.0. The van der Waals surface area contributed by atoms with E-state index >= 15 is 0 Å². The number of amides is 4. The third kappa shape index (κ3) is 3.31. The molecule has 0 aliphatic carbocycles. The molecule has 1 aliphatic rings. The summed E-state index contributed by atoms with van der Waals surface area (Å²) in [7, 11) is 0. The number of urea groups is 1. The van der Waals surface area contributed by atoms with Gasteiger partial charge in [0.25, 0.3) is 5.91 Å². The van der Waals surface area contributed by atoms with Crippen LogP contribution in [0.15, 0.2) is 24.3 Å². The fourth-order valence-electron chi connectivity index (χ4n) is 2.16. The highest BCUT2D eigenvalue weighted by molar-refractivity contribution is 6.08. The van der Waals surface area contributed by atoms with Crippen LogP contribution in [0.5, 0.6) is 0 Å². The molecule has 0 saturated carbocycles. The number of rotatable bonds is 5. The van der Waals surface area contributed by atoms with Gasteiger partial charge in [0, 0.05) is 0 Å². The van der Waals surface area contributed by atoms with Gasteiger partial charge in [0.05, 0.1) is 11.4 Å². The van der Waals surface area contributed by atoms with Crippen molar-refractivity contribution in [2.45, 2.75) is 25.8 Å². The van der Waals surface area contributed by atoms with Crippen LogP contribution < -0.4 is 16.4 Å². The van der Waals surface area contributed by atoms with Crippen molar-refractivity contribution in [3.8, 4) is 0 Å². The van der Waals surface area contributed by atoms with Gasteiger partial charge in [0.15, 0.2) is 0 Å². The maximum atomic E-state index is 12.0. The zero-order chi connectivity index (χ0) is 15.4. The van der Waals surface area contributed by atoms with Crippen LogP contribution in [-0.4, -0.2) is 35.3 Å². The Morgan fingerprint density at radius 1 is 1.38 bits per heavy atom. The summed E-state index contributed by atoms with van der Waals surface area (Å²) in [6.45, 7) is 1.60. The van der Waals surface area contributed by atoms with Gasteiger partial charge in [0.1, 0.15) is 12.6 Å². The fraction of sp³-hybridized carbons (Fsp3) is 0.357. The molecule has 1 saturated heterocycles. The molecule has 1 aromatic rings. The summed E-state index contributed by atoms with van der Waals surface area (Å²) in [5, 5.41) is 5.16. The molecule has 0 aromatic heterocycles. The Kier molecular flexibility index (Phi) is 4.42. The molecule has 112 valence electrons. The molecule has 0 radical (unpaired) electrons. The zero-order valence-corrected chi connectivity index (χ0v) is 11.8. The van der Waals surface area contributed by atoms with E-state index in [0.29, 0.717) is 17.8 Å². The van der Waals surface area contributed by atoms with Crippen LogP contribution >= 0.6 is 0 Å². The predicted molar refractivity (Wildman–Crippen MR) is 78.4 cm³/mol. The quantitative estimate of drug-likeness (QED) is 0.554. The average Bonchev–Trinajstić information content (AvgIpc) is 2.70. The molecule has 0 bridgehead atoms. The topological polar surface area (TPSA) is 105 Å². The van der Waals surface area contributed by atoms with Crippen LogP contribution in [0.4, 0.5) is 16.2 Å². The lowest BCUT2D eigenvalue weighted by atomic mass is 10.2. The number of carbonyl (C=O) groups excluding carboxylic acids is 3. The number of hydrogen-bond acceptors (Lipinski definition) is 4. The lowest BCUT2D eigenvalue weighted by Gasteiger charge is -2.13. The molecule has 7 heteroatoms. The monoisotopic (exact) mass is 290 g/mol. The molecule has 1 fully saturated rings. The Labute approximate surface area is 122 Å². The van der Waals surface area contributed by atoms with Gasteiger partial charge in [0.2, 0.25) is 5.91 Å². The van der Waals surface area contributed by atoms with Gasteiger partial charge in [-0.05, 0) is 18.6 Å². The number of anilines is 2. The van der Waals surface area contributed by atoms with Gasteiger partial charge < -0.3 is 16.4 Å². The largest absolute Gasteiger partial charge is 0.397 e. The summed E-state index contributed by atoms with van der Waals surface area (Å²) in [6, 6.07) is 5.72. The predicted octanol–water partition coefficient (Wildman–Crippen LogP) is 0.928. The number of nitrogens with one attached hydrogen (secondary N) is 2. The minimum atomic E-state index is -0.533. The van der Waals surface area contributed by atoms with Crippen molar-refractivity contribution < 1.29 is 14.4 Å². The molecule has 1 atom stereocenters. The second-order valence-corrected chi connectivity index (χ2v) is 4.85. The van der Waals surface area contributed by atoms with E-state index in [2.05, 4.69) is 10.6 Å². The summed E-state index contributed by atoms with van der Waals surface area (Å²) < 4.78 is 0. The van der Waals surface area contributed by atoms with E-state index in [4.69, 9.17) is 5.73 Å². The molecular formula is C14H18N4O3. The van der Waals surface area contributed by atoms with Gasteiger partial charge in [-0.2, -0.15) is 0 Å². The number of nitrogens with two attached hydrogens (primary N) is 1. The second kappa shape index (κ2) is 6.25.